The van der Waals surface area contributed by atoms with Gasteiger partial charge in [0.15, 0.2) is 0 Å². The van der Waals surface area contributed by atoms with Crippen molar-refractivity contribution in [3.63, 3.8) is 0 Å². The Bertz CT molecular complexity index is 1170. The molecule has 4 rings (SSSR count). The predicted molar refractivity (Wildman–Crippen MR) is 124 cm³/mol. The minimum absolute atomic E-state index is 0.00607. The summed E-state index contributed by atoms with van der Waals surface area (Å²) in [5.41, 5.74) is 1.15. The maximum atomic E-state index is 12.9. The molecule has 0 aliphatic carbocycles. The highest BCUT2D eigenvalue weighted by Crippen LogP contribution is 2.29. The van der Waals surface area contributed by atoms with Gasteiger partial charge in [0, 0.05) is 49.2 Å². The van der Waals surface area contributed by atoms with Crippen molar-refractivity contribution in [2.24, 2.45) is 0 Å². The summed E-state index contributed by atoms with van der Waals surface area (Å²) in [7, 11) is 2.03. The lowest BCUT2D eigenvalue weighted by atomic mass is 10.1. The molecule has 6 nitrogen and oxygen atoms in total. The van der Waals surface area contributed by atoms with E-state index in [9.17, 15) is 22.8 Å². The van der Waals surface area contributed by atoms with Crippen molar-refractivity contribution >= 4 is 23.2 Å². The van der Waals surface area contributed by atoms with E-state index in [1.54, 1.807) is 29.6 Å². The van der Waals surface area contributed by atoms with E-state index in [1.807, 2.05) is 11.9 Å². The lowest BCUT2D eigenvalue weighted by molar-refractivity contribution is -0.137. The van der Waals surface area contributed by atoms with Gasteiger partial charge in [0.05, 0.1) is 5.56 Å². The molecule has 0 unspecified atom stereocenters. The topological polar surface area (TPSA) is 65.5 Å². The van der Waals surface area contributed by atoms with Gasteiger partial charge in [-0.15, -0.1) is 11.3 Å². The molecule has 2 heterocycles. The van der Waals surface area contributed by atoms with Gasteiger partial charge in [0.1, 0.15) is 10.7 Å². The number of carbonyl (C=O) groups is 2. The summed E-state index contributed by atoms with van der Waals surface area (Å²) in [6.45, 7) is 3.05. The van der Waals surface area contributed by atoms with Gasteiger partial charge in [0.2, 0.25) is 0 Å². The van der Waals surface area contributed by atoms with Gasteiger partial charge >= 0.3 is 6.18 Å². The van der Waals surface area contributed by atoms with E-state index in [2.05, 4.69) is 15.2 Å². The van der Waals surface area contributed by atoms with Gasteiger partial charge in [-0.3, -0.25) is 9.59 Å². The molecule has 0 saturated carbocycles. The van der Waals surface area contributed by atoms with Gasteiger partial charge in [0.25, 0.3) is 11.8 Å². The fourth-order valence-corrected chi connectivity index (χ4v) is 4.39. The van der Waals surface area contributed by atoms with Crippen LogP contribution in [0.1, 0.15) is 32.0 Å². The van der Waals surface area contributed by atoms with Crippen molar-refractivity contribution in [1.82, 2.24) is 20.1 Å². The van der Waals surface area contributed by atoms with Crippen molar-refractivity contribution in [2.45, 2.75) is 12.7 Å². The summed E-state index contributed by atoms with van der Waals surface area (Å²) in [6.07, 6.45) is -4.44. The highest BCUT2D eigenvalue weighted by molar-refractivity contribution is 7.13. The average Bonchev–Trinajstić information content (AvgIpc) is 3.33. The zero-order valence-corrected chi connectivity index (χ0v) is 19.2. The zero-order valence-electron chi connectivity index (χ0n) is 18.4. The van der Waals surface area contributed by atoms with E-state index < -0.39 is 17.6 Å². The van der Waals surface area contributed by atoms with Crippen LogP contribution in [0.25, 0.3) is 10.6 Å². The molecule has 0 atom stereocenters. The van der Waals surface area contributed by atoms with Crippen molar-refractivity contribution in [2.75, 3.05) is 33.2 Å². The summed E-state index contributed by atoms with van der Waals surface area (Å²) in [4.78, 5) is 33.5. The molecule has 3 aromatic rings. The van der Waals surface area contributed by atoms with Crippen molar-refractivity contribution in [3.8, 4) is 10.6 Å². The number of hydrogen-bond donors (Lipinski definition) is 1. The molecule has 0 bridgehead atoms. The molecule has 2 aromatic carbocycles. The highest BCUT2D eigenvalue weighted by Gasteiger charge is 2.30. The Morgan fingerprint density at radius 3 is 2.44 bits per heavy atom. The standard InChI is InChI=1S/C24H23F3N4O2S/c1-30-9-11-31(12-10-30)23(33)18-7-5-17(6-8-18)22-29-20(15-34-22)21(32)28-14-16-3-2-4-19(13-16)24(25,26)27/h2-8,13,15H,9-12,14H2,1H3,(H,28,32). The molecule has 1 N–H and O–H groups in total. The quantitative estimate of drug-likeness (QED) is 0.586. The fourth-order valence-electron chi connectivity index (χ4n) is 3.59. The molecular formula is C24H23F3N4O2S. The van der Waals surface area contributed by atoms with Crippen molar-refractivity contribution in [1.29, 1.82) is 0 Å². The Morgan fingerprint density at radius 2 is 1.76 bits per heavy atom. The number of halogens is 3. The number of amides is 2. The Balaban J connectivity index is 1.37. The summed E-state index contributed by atoms with van der Waals surface area (Å²) in [6, 6.07) is 11.9. The van der Waals surface area contributed by atoms with Crippen LogP contribution in [0.3, 0.4) is 0 Å². The number of piperazine rings is 1. The lowest BCUT2D eigenvalue weighted by Crippen LogP contribution is -2.47. The molecule has 1 aliphatic rings. The van der Waals surface area contributed by atoms with Gasteiger partial charge in [-0.05, 0) is 36.9 Å². The van der Waals surface area contributed by atoms with Gasteiger partial charge in [-0.1, -0.05) is 24.3 Å². The normalized spacial score (nSPS) is 14.8. The summed E-state index contributed by atoms with van der Waals surface area (Å²) in [5.74, 6) is -0.477. The second-order valence-electron chi connectivity index (χ2n) is 8.09. The number of aromatic nitrogens is 1. The number of rotatable bonds is 5. The third-order valence-corrected chi connectivity index (χ3v) is 6.50. The van der Waals surface area contributed by atoms with Crippen LogP contribution in [0.15, 0.2) is 53.9 Å². The fraction of sp³-hybridized carbons (Fsp3) is 0.292. The minimum Gasteiger partial charge on any atom is -0.347 e. The van der Waals surface area contributed by atoms with E-state index in [-0.39, 0.29) is 18.1 Å². The third-order valence-electron chi connectivity index (χ3n) is 5.61. The van der Waals surface area contributed by atoms with Gasteiger partial charge in [-0.25, -0.2) is 4.98 Å². The third kappa shape index (κ3) is 5.63. The summed E-state index contributed by atoms with van der Waals surface area (Å²) >= 11 is 1.28. The van der Waals surface area contributed by atoms with Crippen LogP contribution >= 0.6 is 11.3 Å². The Kier molecular flexibility index (Phi) is 6.99. The van der Waals surface area contributed by atoms with E-state index in [4.69, 9.17) is 0 Å². The number of nitrogens with one attached hydrogen (secondary N) is 1. The van der Waals surface area contributed by atoms with Crippen LogP contribution in [0.2, 0.25) is 0 Å². The summed E-state index contributed by atoms with van der Waals surface area (Å²) in [5, 5.41) is 4.82. The van der Waals surface area contributed by atoms with E-state index in [0.29, 0.717) is 29.2 Å². The van der Waals surface area contributed by atoms with Crippen LogP contribution < -0.4 is 5.32 Å². The van der Waals surface area contributed by atoms with E-state index in [1.165, 1.54) is 23.5 Å². The van der Waals surface area contributed by atoms with E-state index in [0.717, 1.165) is 30.8 Å². The molecule has 10 heteroatoms. The second kappa shape index (κ2) is 9.94. The predicted octanol–water partition coefficient (Wildman–Crippen LogP) is 4.15. The first kappa shape index (κ1) is 23.9. The Morgan fingerprint density at radius 1 is 1.06 bits per heavy atom. The molecule has 1 aromatic heterocycles. The molecule has 1 fully saturated rings. The minimum atomic E-state index is -4.44. The first-order chi connectivity index (χ1) is 16.2. The van der Waals surface area contributed by atoms with Crippen LogP contribution in [-0.4, -0.2) is 59.8 Å². The van der Waals surface area contributed by atoms with Crippen molar-refractivity contribution < 1.29 is 22.8 Å². The maximum Gasteiger partial charge on any atom is 0.416 e. The van der Waals surface area contributed by atoms with E-state index >= 15 is 0 Å². The van der Waals surface area contributed by atoms with Crippen LogP contribution in [0.5, 0.6) is 0 Å². The number of likely N-dealkylation sites (N-methyl/N-ethyl adjacent to an activating group) is 1. The lowest BCUT2D eigenvalue weighted by Gasteiger charge is -2.32. The molecule has 178 valence electrons. The molecule has 0 radical (unpaired) electrons. The number of hydrogen-bond acceptors (Lipinski definition) is 5. The number of alkyl halides is 3. The molecule has 1 aliphatic heterocycles. The monoisotopic (exact) mass is 488 g/mol. The molecular weight excluding hydrogens is 465 g/mol. The van der Waals surface area contributed by atoms with Crippen LogP contribution in [-0.2, 0) is 12.7 Å². The highest BCUT2D eigenvalue weighted by atomic mass is 32.1. The number of thiazole rings is 1. The number of nitrogens with zero attached hydrogens (tertiary/aromatic N) is 3. The molecule has 0 spiro atoms. The smallest absolute Gasteiger partial charge is 0.347 e. The first-order valence-electron chi connectivity index (χ1n) is 10.7. The first-order valence-corrected chi connectivity index (χ1v) is 11.6. The number of carbonyl (C=O) groups excluding carboxylic acids is 2. The molecule has 1 saturated heterocycles. The summed E-state index contributed by atoms with van der Waals surface area (Å²) < 4.78 is 38.6. The Hall–Kier alpha value is -3.24. The van der Waals surface area contributed by atoms with Crippen LogP contribution in [0, 0.1) is 0 Å². The number of benzene rings is 2. The Labute approximate surface area is 199 Å². The zero-order chi connectivity index (χ0) is 24.3. The average molecular weight is 489 g/mol. The molecule has 34 heavy (non-hydrogen) atoms. The van der Waals surface area contributed by atoms with Crippen LogP contribution in [0.4, 0.5) is 13.2 Å². The van der Waals surface area contributed by atoms with Gasteiger partial charge < -0.3 is 15.1 Å². The largest absolute Gasteiger partial charge is 0.416 e. The van der Waals surface area contributed by atoms with Crippen molar-refractivity contribution in [3.05, 3.63) is 76.3 Å². The maximum absolute atomic E-state index is 12.9. The SMILES string of the molecule is CN1CCN(C(=O)c2ccc(-c3nc(C(=O)NCc4cccc(C(F)(F)F)c4)cs3)cc2)CC1. The van der Waals surface area contributed by atoms with Gasteiger partial charge in [-0.2, -0.15) is 13.2 Å². The molecule has 2 amide bonds. The second-order valence-corrected chi connectivity index (χ2v) is 8.95.